The summed E-state index contributed by atoms with van der Waals surface area (Å²) in [5, 5.41) is 14.1. The van der Waals surface area contributed by atoms with Crippen LogP contribution in [-0.4, -0.2) is 31.9 Å². The Morgan fingerprint density at radius 1 is 1.12 bits per heavy atom. The van der Waals surface area contributed by atoms with Crippen LogP contribution in [0.1, 0.15) is 77.3 Å². The molecule has 1 heterocycles. The summed E-state index contributed by atoms with van der Waals surface area (Å²) >= 11 is 0. The van der Waals surface area contributed by atoms with E-state index in [1.165, 1.54) is 6.20 Å². The van der Waals surface area contributed by atoms with Crippen LogP contribution < -0.4 is 0 Å². The minimum Gasteiger partial charge on any atom is -0.390 e. The summed E-state index contributed by atoms with van der Waals surface area (Å²) in [7, 11) is 0. The molecule has 0 bridgehead atoms. The lowest BCUT2D eigenvalue weighted by molar-refractivity contribution is -0.166. The molecule has 0 aliphatic heterocycles. The number of hydrogen-bond acceptors (Lipinski definition) is 3. The molecule has 8 heteroatoms. The van der Waals surface area contributed by atoms with Crippen LogP contribution in [0.4, 0.5) is 17.6 Å². The molecule has 5 rings (SSSR count). The number of Topliss-reactive ketones (excluding diaryl/α,β-unsaturated/α-hetero) is 1. The number of hydrogen-bond donors (Lipinski definition) is 1. The summed E-state index contributed by atoms with van der Waals surface area (Å²) in [5.41, 5.74) is -3.22. The van der Waals surface area contributed by atoms with Crippen LogP contribution in [0.3, 0.4) is 0 Å². The molecular weight excluding hydrogens is 436 g/mol. The van der Waals surface area contributed by atoms with Crippen LogP contribution in [0.25, 0.3) is 0 Å². The lowest BCUT2D eigenvalue weighted by Gasteiger charge is -2.59. The third-order valence-electron chi connectivity index (χ3n) is 9.95. The zero-order chi connectivity index (χ0) is 23.8. The summed E-state index contributed by atoms with van der Waals surface area (Å²) in [6.07, 6.45) is 2.97. The van der Waals surface area contributed by atoms with Crippen molar-refractivity contribution in [2.75, 3.05) is 0 Å². The Hall–Kier alpha value is -1.44. The minimum atomic E-state index is -4.52. The highest BCUT2D eigenvalue weighted by molar-refractivity contribution is 5.82. The topological polar surface area (TPSA) is 55.1 Å². The maximum absolute atomic E-state index is 16.4. The van der Waals surface area contributed by atoms with Gasteiger partial charge in [-0.05, 0) is 99.9 Å². The standard InChI is InChI=1S/C25H34F4N2O2/c1-22(33)10-11-24(26)15(13-22)3-4-16-17-5-6-19(23(17,2)9-7-18(16)24)20(32)14-31-12-8-21(30-31)25(27,28)29/h8,12,15-19,33H,3-7,9-11,13-14H2,1-2H3/t15-,16+,17?,18+,19-,22-,23+,24-/m1/s1. The first-order chi connectivity index (χ1) is 15.3. The summed E-state index contributed by atoms with van der Waals surface area (Å²) in [6.45, 7) is 3.82. The highest BCUT2D eigenvalue weighted by atomic mass is 19.4. The Bertz CT molecular complexity index is 928. The van der Waals surface area contributed by atoms with Crippen LogP contribution in [0.15, 0.2) is 12.3 Å². The summed E-state index contributed by atoms with van der Waals surface area (Å²) in [5.74, 6) is 0.125. The highest BCUT2D eigenvalue weighted by Crippen LogP contribution is 2.66. The molecule has 0 spiro atoms. The van der Waals surface area contributed by atoms with E-state index in [4.69, 9.17) is 0 Å². The molecule has 4 aliphatic rings. The summed E-state index contributed by atoms with van der Waals surface area (Å²) in [4.78, 5) is 13.2. The summed E-state index contributed by atoms with van der Waals surface area (Å²) < 4.78 is 56.1. The molecule has 1 N–H and O–H groups in total. The fourth-order valence-electron chi connectivity index (χ4n) is 8.38. The zero-order valence-corrected chi connectivity index (χ0v) is 19.4. The number of carbonyl (C=O) groups excluding carboxylic acids is 1. The molecule has 33 heavy (non-hydrogen) atoms. The van der Waals surface area contributed by atoms with Gasteiger partial charge in [0.1, 0.15) is 5.67 Å². The Kier molecular flexibility index (Phi) is 5.32. The Morgan fingerprint density at radius 2 is 1.88 bits per heavy atom. The van der Waals surface area contributed by atoms with Crippen LogP contribution in [0, 0.1) is 35.0 Å². The number of carbonyl (C=O) groups is 1. The number of halogens is 4. The Morgan fingerprint density at radius 3 is 2.58 bits per heavy atom. The van der Waals surface area contributed by atoms with Crippen molar-refractivity contribution in [2.24, 2.45) is 35.0 Å². The normalized spacial score (nSPS) is 45.2. The van der Waals surface area contributed by atoms with Crippen molar-refractivity contribution in [3.8, 4) is 0 Å². The average molecular weight is 471 g/mol. The van der Waals surface area contributed by atoms with Crippen LogP contribution in [-0.2, 0) is 17.5 Å². The molecule has 4 saturated carbocycles. The van der Waals surface area contributed by atoms with E-state index in [1.54, 1.807) is 0 Å². The number of fused-ring (bicyclic) bond motifs is 5. The predicted octanol–water partition coefficient (Wildman–Crippen LogP) is 5.58. The first kappa shape index (κ1) is 23.3. The minimum absolute atomic E-state index is 0.0141. The van der Waals surface area contributed by atoms with Crippen molar-refractivity contribution < 1.29 is 27.5 Å². The van der Waals surface area contributed by atoms with E-state index < -0.39 is 23.1 Å². The van der Waals surface area contributed by atoms with Crippen LogP contribution in [0.2, 0.25) is 0 Å². The van der Waals surface area contributed by atoms with E-state index in [-0.39, 0.29) is 47.3 Å². The van der Waals surface area contributed by atoms with Gasteiger partial charge in [0.05, 0.1) is 12.1 Å². The fraction of sp³-hybridized carbons (Fsp3) is 0.840. The van der Waals surface area contributed by atoms with E-state index >= 15 is 4.39 Å². The van der Waals surface area contributed by atoms with E-state index in [0.717, 1.165) is 42.9 Å². The van der Waals surface area contributed by atoms with Gasteiger partial charge in [0, 0.05) is 12.1 Å². The molecular formula is C25H34F4N2O2. The lowest BCUT2D eigenvalue weighted by atomic mass is 9.48. The van der Waals surface area contributed by atoms with Gasteiger partial charge in [-0.25, -0.2) is 4.39 Å². The van der Waals surface area contributed by atoms with Gasteiger partial charge < -0.3 is 5.11 Å². The molecule has 184 valence electrons. The fourth-order valence-corrected chi connectivity index (χ4v) is 8.38. The second-order valence-corrected chi connectivity index (χ2v) is 11.8. The van der Waals surface area contributed by atoms with Crippen molar-refractivity contribution >= 4 is 5.78 Å². The van der Waals surface area contributed by atoms with Gasteiger partial charge in [0.25, 0.3) is 0 Å². The van der Waals surface area contributed by atoms with Gasteiger partial charge in [-0.15, -0.1) is 0 Å². The monoisotopic (exact) mass is 470 g/mol. The van der Waals surface area contributed by atoms with Crippen LogP contribution >= 0.6 is 0 Å². The van der Waals surface area contributed by atoms with Crippen molar-refractivity contribution in [1.29, 1.82) is 0 Å². The molecule has 0 saturated heterocycles. The molecule has 4 nitrogen and oxygen atoms in total. The second kappa shape index (κ2) is 7.53. The number of aromatic nitrogens is 2. The Balaban J connectivity index is 1.31. The molecule has 1 unspecified atom stereocenters. The molecule has 0 amide bonds. The molecule has 4 fully saturated rings. The first-order valence-corrected chi connectivity index (χ1v) is 12.4. The third kappa shape index (κ3) is 3.75. The number of ketones is 1. The first-order valence-electron chi connectivity index (χ1n) is 12.4. The number of rotatable bonds is 3. The van der Waals surface area contributed by atoms with Crippen molar-refractivity contribution in [2.45, 2.75) is 95.6 Å². The quantitative estimate of drug-likeness (QED) is 0.587. The molecule has 4 aliphatic carbocycles. The molecule has 0 radical (unpaired) electrons. The molecule has 0 aromatic carbocycles. The number of aliphatic hydroxyl groups is 1. The van der Waals surface area contributed by atoms with Crippen molar-refractivity contribution in [3.63, 3.8) is 0 Å². The maximum Gasteiger partial charge on any atom is 0.435 e. The van der Waals surface area contributed by atoms with E-state index in [1.807, 2.05) is 6.92 Å². The Labute approximate surface area is 192 Å². The highest BCUT2D eigenvalue weighted by Gasteiger charge is 2.63. The predicted molar refractivity (Wildman–Crippen MR) is 114 cm³/mol. The van der Waals surface area contributed by atoms with Crippen molar-refractivity contribution in [1.82, 2.24) is 9.78 Å². The SMILES string of the molecule is C[C@@]1(O)CC[C@@]2(F)[C@H](CC[C@H]3C4CC[C@H](C(=O)Cn5ccc(C(F)(F)F)n5)[C@@]4(C)CC[C@@H]32)C1. The largest absolute Gasteiger partial charge is 0.435 e. The molecule has 8 atom stereocenters. The van der Waals surface area contributed by atoms with E-state index in [2.05, 4.69) is 12.0 Å². The van der Waals surface area contributed by atoms with E-state index in [9.17, 15) is 23.1 Å². The number of nitrogens with zero attached hydrogens (tertiary/aromatic N) is 2. The maximum atomic E-state index is 16.4. The molecule has 1 aromatic heterocycles. The summed E-state index contributed by atoms with van der Waals surface area (Å²) in [6, 6.07) is 0.901. The van der Waals surface area contributed by atoms with Gasteiger partial charge in [0.15, 0.2) is 11.5 Å². The third-order valence-corrected chi connectivity index (χ3v) is 9.95. The second-order valence-electron chi connectivity index (χ2n) is 11.8. The number of alkyl halides is 4. The van der Waals surface area contributed by atoms with Gasteiger partial charge in [-0.2, -0.15) is 18.3 Å². The zero-order valence-electron chi connectivity index (χ0n) is 19.4. The average Bonchev–Trinajstić information content (AvgIpc) is 3.32. The van der Waals surface area contributed by atoms with Crippen LogP contribution in [0.5, 0.6) is 0 Å². The van der Waals surface area contributed by atoms with Gasteiger partial charge in [0.2, 0.25) is 0 Å². The van der Waals surface area contributed by atoms with E-state index in [0.29, 0.717) is 25.7 Å². The smallest absolute Gasteiger partial charge is 0.390 e. The van der Waals surface area contributed by atoms with Gasteiger partial charge in [-0.1, -0.05) is 6.92 Å². The van der Waals surface area contributed by atoms with Gasteiger partial charge in [-0.3, -0.25) is 9.48 Å². The lowest BCUT2D eigenvalue weighted by Crippen LogP contribution is -2.58. The molecule has 1 aromatic rings. The van der Waals surface area contributed by atoms with Crippen molar-refractivity contribution in [3.05, 3.63) is 18.0 Å². The van der Waals surface area contributed by atoms with Gasteiger partial charge >= 0.3 is 6.18 Å².